The largest absolute Gasteiger partial charge is 0.475 e. The number of carbonyl (C=O) groups excluding carboxylic acids is 4. The number of carbonyl (C=O) groups is 4. The molecule has 1 fully saturated rings. The summed E-state index contributed by atoms with van der Waals surface area (Å²) in [4.78, 5) is 50.9. The first-order chi connectivity index (χ1) is 15.4. The van der Waals surface area contributed by atoms with Gasteiger partial charge in [0.05, 0.1) is 11.1 Å². The van der Waals surface area contributed by atoms with Crippen LogP contribution in [0.1, 0.15) is 43.2 Å². The SMILES string of the molecule is O=C1CCC(N2C(=O)c3cccc(OC(I)c4ccc5ccccc5c4)c3C2=O)C(=O)N1. The lowest BCUT2D eigenvalue weighted by atomic mass is 10.0. The van der Waals surface area contributed by atoms with Gasteiger partial charge < -0.3 is 4.74 Å². The Kier molecular flexibility index (Phi) is 5.16. The van der Waals surface area contributed by atoms with Crippen molar-refractivity contribution < 1.29 is 23.9 Å². The lowest BCUT2D eigenvalue weighted by Crippen LogP contribution is -2.54. The zero-order valence-electron chi connectivity index (χ0n) is 16.7. The van der Waals surface area contributed by atoms with E-state index in [9.17, 15) is 19.2 Å². The van der Waals surface area contributed by atoms with Crippen molar-refractivity contribution in [2.45, 2.75) is 23.0 Å². The molecule has 4 amide bonds. The standard InChI is InChI=1S/C24H17IN2O5/c25-21(15-9-8-13-4-1-2-5-14(13)12-15)32-18-7-3-6-16-20(18)24(31)27(23(16)30)17-10-11-19(28)26-22(17)29/h1-9,12,17,21H,10-11H2,(H,26,28,29). The number of hydrogen-bond donors (Lipinski definition) is 1. The van der Waals surface area contributed by atoms with Crippen molar-refractivity contribution in [2.24, 2.45) is 0 Å². The van der Waals surface area contributed by atoms with E-state index < -0.39 is 33.8 Å². The number of rotatable bonds is 4. The van der Waals surface area contributed by atoms with Crippen molar-refractivity contribution in [1.29, 1.82) is 0 Å². The number of nitrogens with one attached hydrogen (secondary N) is 1. The second kappa shape index (κ2) is 8.01. The molecule has 2 atom stereocenters. The first-order valence-corrected chi connectivity index (χ1v) is 11.3. The Hall–Kier alpha value is -3.27. The third-order valence-corrected chi connectivity index (χ3v) is 6.67. The fourth-order valence-corrected chi connectivity index (χ4v) is 4.77. The van der Waals surface area contributed by atoms with E-state index in [1.807, 2.05) is 42.5 Å². The minimum atomic E-state index is -1.01. The van der Waals surface area contributed by atoms with E-state index in [4.69, 9.17) is 4.74 Å². The monoisotopic (exact) mass is 540 g/mol. The van der Waals surface area contributed by atoms with Crippen LogP contribution >= 0.6 is 22.6 Å². The Morgan fingerprint density at radius 2 is 1.72 bits per heavy atom. The van der Waals surface area contributed by atoms with Crippen molar-refractivity contribution in [3.8, 4) is 5.75 Å². The number of hydrogen-bond acceptors (Lipinski definition) is 5. The summed E-state index contributed by atoms with van der Waals surface area (Å²) >= 11 is 2.14. The van der Waals surface area contributed by atoms with Gasteiger partial charge in [-0.25, -0.2) is 0 Å². The van der Waals surface area contributed by atoms with Gasteiger partial charge in [0, 0.05) is 12.0 Å². The van der Waals surface area contributed by atoms with Crippen molar-refractivity contribution in [2.75, 3.05) is 0 Å². The van der Waals surface area contributed by atoms with Crippen molar-refractivity contribution in [3.05, 3.63) is 77.4 Å². The number of ether oxygens (including phenoxy) is 1. The van der Waals surface area contributed by atoms with Gasteiger partial charge in [0.15, 0.2) is 4.11 Å². The van der Waals surface area contributed by atoms with Crippen molar-refractivity contribution in [1.82, 2.24) is 10.2 Å². The van der Waals surface area contributed by atoms with Crippen LogP contribution < -0.4 is 10.1 Å². The van der Waals surface area contributed by atoms with E-state index in [0.717, 1.165) is 21.2 Å². The van der Waals surface area contributed by atoms with Gasteiger partial charge in [-0.3, -0.25) is 29.4 Å². The van der Waals surface area contributed by atoms with Crippen LogP contribution in [0.5, 0.6) is 5.75 Å². The maximum absolute atomic E-state index is 13.2. The molecule has 1 saturated heterocycles. The topological polar surface area (TPSA) is 92.8 Å². The molecule has 7 nitrogen and oxygen atoms in total. The second-order valence-corrected chi connectivity index (χ2v) is 8.80. The average Bonchev–Trinajstić information content (AvgIpc) is 3.04. The summed E-state index contributed by atoms with van der Waals surface area (Å²) in [5.41, 5.74) is 1.25. The van der Waals surface area contributed by atoms with Gasteiger partial charge in [-0.2, -0.15) is 0 Å². The Morgan fingerprint density at radius 3 is 2.50 bits per heavy atom. The van der Waals surface area contributed by atoms with Crippen LogP contribution in [0.4, 0.5) is 0 Å². The third kappa shape index (κ3) is 3.44. The minimum absolute atomic E-state index is 0.0744. The van der Waals surface area contributed by atoms with Gasteiger partial charge in [-0.1, -0.05) is 42.5 Å². The molecule has 0 saturated carbocycles. The maximum Gasteiger partial charge on any atom is 0.266 e. The number of halogens is 1. The van der Waals surface area contributed by atoms with Crippen LogP contribution in [0.15, 0.2) is 60.7 Å². The van der Waals surface area contributed by atoms with Crippen LogP contribution in [0.25, 0.3) is 10.8 Å². The summed E-state index contributed by atoms with van der Waals surface area (Å²) in [6, 6.07) is 17.8. The zero-order valence-corrected chi connectivity index (χ0v) is 18.9. The smallest absolute Gasteiger partial charge is 0.266 e. The summed E-state index contributed by atoms with van der Waals surface area (Å²) in [5, 5.41) is 4.39. The van der Waals surface area contributed by atoms with E-state index in [2.05, 4.69) is 27.9 Å². The molecule has 2 unspecified atom stereocenters. The van der Waals surface area contributed by atoms with E-state index in [1.165, 1.54) is 0 Å². The number of benzene rings is 3. The lowest BCUT2D eigenvalue weighted by molar-refractivity contribution is -0.136. The lowest BCUT2D eigenvalue weighted by Gasteiger charge is -2.27. The molecule has 0 aromatic heterocycles. The highest BCUT2D eigenvalue weighted by atomic mass is 127. The van der Waals surface area contributed by atoms with Crippen molar-refractivity contribution in [3.63, 3.8) is 0 Å². The molecule has 0 bridgehead atoms. The van der Waals surface area contributed by atoms with E-state index in [-0.39, 0.29) is 29.7 Å². The molecule has 2 aliphatic rings. The first kappa shape index (κ1) is 20.6. The van der Waals surface area contributed by atoms with Crippen LogP contribution in [0.2, 0.25) is 0 Å². The summed E-state index contributed by atoms with van der Waals surface area (Å²) < 4.78 is 5.72. The Morgan fingerprint density at radius 1 is 0.938 bits per heavy atom. The van der Waals surface area contributed by atoms with Crippen LogP contribution in [-0.4, -0.2) is 34.6 Å². The molecule has 3 aromatic rings. The molecular weight excluding hydrogens is 523 g/mol. The first-order valence-electron chi connectivity index (χ1n) is 10.1. The number of nitrogens with zero attached hydrogens (tertiary/aromatic N) is 1. The number of alkyl halides is 1. The van der Waals surface area contributed by atoms with Gasteiger partial charge in [0.2, 0.25) is 11.8 Å². The fraction of sp³-hybridized carbons (Fsp3) is 0.167. The molecule has 5 rings (SSSR count). The van der Waals surface area contributed by atoms with Gasteiger partial charge in [-0.15, -0.1) is 0 Å². The second-order valence-electron chi connectivity index (χ2n) is 7.67. The van der Waals surface area contributed by atoms with Crippen LogP contribution in [0.3, 0.4) is 0 Å². The summed E-state index contributed by atoms with van der Waals surface area (Å²) in [5.74, 6) is -1.91. The van der Waals surface area contributed by atoms with Gasteiger partial charge in [0.25, 0.3) is 11.8 Å². The molecule has 3 aromatic carbocycles. The highest BCUT2D eigenvalue weighted by molar-refractivity contribution is 14.1. The molecule has 160 valence electrons. The predicted octanol–water partition coefficient (Wildman–Crippen LogP) is 3.75. The van der Waals surface area contributed by atoms with Gasteiger partial charge >= 0.3 is 0 Å². The van der Waals surface area contributed by atoms with Gasteiger partial charge in [-0.05, 0) is 58.0 Å². The number of imide groups is 2. The van der Waals surface area contributed by atoms with E-state index in [0.29, 0.717) is 0 Å². The molecule has 2 heterocycles. The average molecular weight is 540 g/mol. The molecule has 0 aliphatic carbocycles. The molecule has 2 aliphatic heterocycles. The van der Waals surface area contributed by atoms with Crippen LogP contribution in [0, 0.1) is 0 Å². The summed E-state index contributed by atoms with van der Waals surface area (Å²) in [6.07, 6.45) is 0.184. The highest BCUT2D eigenvalue weighted by Crippen LogP contribution is 2.37. The highest BCUT2D eigenvalue weighted by Gasteiger charge is 2.46. The number of amides is 4. The maximum atomic E-state index is 13.2. The van der Waals surface area contributed by atoms with Crippen LogP contribution in [-0.2, 0) is 9.59 Å². The van der Waals surface area contributed by atoms with E-state index >= 15 is 0 Å². The molecule has 0 spiro atoms. The molecule has 8 heteroatoms. The number of fused-ring (bicyclic) bond motifs is 2. The molecule has 1 N–H and O–H groups in total. The quantitative estimate of drug-likeness (QED) is 0.309. The molecular formula is C24H17IN2O5. The normalized spacial score (nSPS) is 19.2. The molecule has 32 heavy (non-hydrogen) atoms. The van der Waals surface area contributed by atoms with Crippen molar-refractivity contribution >= 4 is 57.0 Å². The van der Waals surface area contributed by atoms with Gasteiger partial charge in [0.1, 0.15) is 11.8 Å². The predicted molar refractivity (Wildman–Crippen MR) is 124 cm³/mol. The van der Waals surface area contributed by atoms with E-state index in [1.54, 1.807) is 18.2 Å². The zero-order chi connectivity index (χ0) is 22.4. The minimum Gasteiger partial charge on any atom is -0.475 e. The number of piperidine rings is 1. The Bertz CT molecular complexity index is 1300. The summed E-state index contributed by atoms with van der Waals surface area (Å²) in [7, 11) is 0. The Labute approximate surface area is 196 Å². The summed E-state index contributed by atoms with van der Waals surface area (Å²) in [6.45, 7) is 0. The fourth-order valence-electron chi connectivity index (χ4n) is 4.11. The third-order valence-electron chi connectivity index (χ3n) is 5.70. The molecule has 0 radical (unpaired) electrons. The Balaban J connectivity index is 1.45.